The van der Waals surface area contributed by atoms with Crippen molar-refractivity contribution in [2.75, 3.05) is 13.2 Å². The van der Waals surface area contributed by atoms with Crippen molar-refractivity contribution in [3.8, 4) is 0 Å². The van der Waals surface area contributed by atoms with Gasteiger partial charge in [0.1, 0.15) is 36.6 Å². The molecule has 0 aromatic rings. The second-order valence-corrected chi connectivity index (χ2v) is 8.78. The molecule has 0 spiro atoms. The fraction of sp³-hybridized carbons (Fsp3) is 1.00. The number of rotatable bonds is 6. The fourth-order valence-corrected chi connectivity index (χ4v) is 4.43. The summed E-state index contributed by atoms with van der Waals surface area (Å²) in [6, 6.07) is -3.27. The average molecular weight is 522 g/mol. The van der Waals surface area contributed by atoms with Gasteiger partial charge in [-0.3, -0.25) is 0 Å². The van der Waals surface area contributed by atoms with Crippen LogP contribution in [0.2, 0.25) is 0 Å². The van der Waals surface area contributed by atoms with Crippen molar-refractivity contribution in [2.24, 2.45) is 28.7 Å². The predicted molar refractivity (Wildman–Crippen MR) is 119 cm³/mol. The predicted octanol–water partition coefficient (Wildman–Crippen LogP) is -8.77. The van der Waals surface area contributed by atoms with Crippen molar-refractivity contribution in [1.29, 1.82) is 0 Å². The third kappa shape index (κ3) is 7.21. The van der Waals surface area contributed by atoms with E-state index >= 15 is 0 Å². The molecule has 0 amide bonds. The molecule has 212 valence electrons. The van der Waals surface area contributed by atoms with E-state index in [-0.39, 0.29) is 35.8 Å². The second-order valence-electron chi connectivity index (χ2n) is 8.78. The van der Waals surface area contributed by atoms with E-state index in [0.29, 0.717) is 0 Å². The van der Waals surface area contributed by atoms with E-state index in [0.717, 1.165) is 0 Å². The minimum Gasteiger partial charge on any atom is -0.412 e. The lowest BCUT2D eigenvalue weighted by Gasteiger charge is -2.47. The smallest absolute Gasteiger partial charge is 0.186 e. The van der Waals surface area contributed by atoms with Gasteiger partial charge in [-0.1, -0.05) is 0 Å². The molecule has 0 radical (unpaired) electrons. The Labute approximate surface area is 201 Å². The van der Waals surface area contributed by atoms with Crippen LogP contribution in [0.4, 0.5) is 0 Å². The Bertz CT molecular complexity index is 612. The Balaban J connectivity index is 0.00000385. The highest BCUT2D eigenvalue weighted by Crippen LogP contribution is 2.30. The van der Waals surface area contributed by atoms with Crippen molar-refractivity contribution >= 4 is 0 Å². The Hall–Kier alpha value is -0.680. The first-order valence-corrected chi connectivity index (χ1v) is 10.8. The third-order valence-electron chi connectivity index (χ3n) is 6.41. The van der Waals surface area contributed by atoms with Gasteiger partial charge in [0, 0.05) is 18.6 Å². The summed E-state index contributed by atoms with van der Waals surface area (Å²) in [6.45, 7) is -0.499. The molecule has 1 saturated carbocycles. The molecule has 2 aliphatic heterocycles. The minimum atomic E-state index is -1.44. The van der Waals surface area contributed by atoms with Gasteiger partial charge < -0.3 is 89.6 Å². The molecule has 0 aromatic heterocycles. The van der Waals surface area contributed by atoms with Gasteiger partial charge in [0.05, 0.1) is 30.9 Å². The summed E-state index contributed by atoms with van der Waals surface area (Å²) in [6.07, 6.45) is -10.8. The van der Waals surface area contributed by atoms with Crippen LogP contribution in [0.15, 0.2) is 0 Å². The van der Waals surface area contributed by atoms with Crippen LogP contribution >= 0.6 is 0 Å². The van der Waals surface area contributed by atoms with Crippen LogP contribution in [0.3, 0.4) is 0 Å². The number of aliphatic hydroxyl groups excluding tert-OH is 5. The van der Waals surface area contributed by atoms with E-state index in [1.54, 1.807) is 0 Å². The topological polar surface area (TPSA) is 363 Å². The van der Waals surface area contributed by atoms with Gasteiger partial charge in [0.25, 0.3) is 0 Å². The molecule has 3 aliphatic rings. The van der Waals surface area contributed by atoms with Crippen molar-refractivity contribution < 1.29 is 60.9 Å². The Morgan fingerprint density at radius 3 is 1.71 bits per heavy atom. The molecule has 35 heavy (non-hydrogen) atoms. The summed E-state index contributed by atoms with van der Waals surface area (Å²) < 4.78 is 22.7. The monoisotopic (exact) mass is 521 g/mol. The zero-order chi connectivity index (χ0) is 23.7. The van der Waals surface area contributed by atoms with E-state index < -0.39 is 92.2 Å². The molecule has 1 aliphatic carbocycles. The highest BCUT2D eigenvalue weighted by atomic mass is 16.7. The molecule has 2 heterocycles. The first-order valence-electron chi connectivity index (χ1n) is 10.8. The maximum Gasteiger partial charge on any atom is 0.186 e. The standard InChI is InChI=1S/C18H37N5O9.3H2O/c19-3-9-8(25)2-7(22)17(29-9)31-15-5(20)1-6(21)16(14(15)28)32-18-13(27)11(23)12(26)10(4-24)30-18;;;/h5-18,24-28H,1-4,19-23H2;3*1H2/t5?,6?,7?,8?,9-,10-,11?,12?,13?,14?,15?,16?,17?,18?;;;/m1.../s1. The van der Waals surface area contributed by atoms with Gasteiger partial charge in [-0.05, 0) is 12.8 Å². The Morgan fingerprint density at radius 1 is 0.686 bits per heavy atom. The zero-order valence-corrected chi connectivity index (χ0v) is 19.2. The Morgan fingerprint density at radius 2 is 1.20 bits per heavy atom. The van der Waals surface area contributed by atoms with Crippen LogP contribution in [0, 0.1) is 0 Å². The maximum atomic E-state index is 11.0. The molecule has 0 aromatic carbocycles. The largest absolute Gasteiger partial charge is 0.412 e. The summed E-state index contributed by atoms with van der Waals surface area (Å²) in [5.41, 5.74) is 29.8. The van der Waals surface area contributed by atoms with Crippen LogP contribution < -0.4 is 28.7 Å². The molecule has 2 saturated heterocycles. The van der Waals surface area contributed by atoms with Gasteiger partial charge in [0.15, 0.2) is 12.6 Å². The van der Waals surface area contributed by atoms with Crippen molar-refractivity contribution in [1.82, 2.24) is 0 Å². The molecule has 3 rings (SSSR count). The minimum absolute atomic E-state index is 0. The van der Waals surface area contributed by atoms with Gasteiger partial charge >= 0.3 is 0 Å². The molecular weight excluding hydrogens is 478 g/mol. The molecule has 21 N–H and O–H groups in total. The third-order valence-corrected chi connectivity index (χ3v) is 6.41. The van der Waals surface area contributed by atoms with E-state index in [2.05, 4.69) is 0 Å². The van der Waals surface area contributed by atoms with E-state index in [1.165, 1.54) is 0 Å². The number of nitrogens with two attached hydrogens (primary N) is 5. The van der Waals surface area contributed by atoms with Gasteiger partial charge in [-0.15, -0.1) is 0 Å². The van der Waals surface area contributed by atoms with Gasteiger partial charge in [0.2, 0.25) is 0 Å². The lowest BCUT2D eigenvalue weighted by atomic mass is 9.84. The highest BCUT2D eigenvalue weighted by molar-refractivity contribution is 5.01. The number of ether oxygens (including phenoxy) is 4. The first kappa shape index (κ1) is 34.3. The highest BCUT2D eigenvalue weighted by Gasteiger charge is 2.50. The summed E-state index contributed by atoms with van der Waals surface area (Å²) in [4.78, 5) is 0. The fourth-order valence-electron chi connectivity index (χ4n) is 4.43. The SMILES string of the molecule is NC[C@H]1OC(OC2C(N)CC(N)C(OC3O[C@H](CO)C(O)C(N)C3O)C2O)C(N)CC1O.O.O.O. The van der Waals surface area contributed by atoms with E-state index in [1.807, 2.05) is 0 Å². The molecule has 17 nitrogen and oxygen atoms in total. The quantitative estimate of drug-likeness (QED) is 0.155. The lowest BCUT2D eigenvalue weighted by molar-refractivity contribution is -0.314. The maximum absolute atomic E-state index is 11.0. The second kappa shape index (κ2) is 14.3. The normalized spacial score (nSPS) is 48.2. The van der Waals surface area contributed by atoms with Crippen LogP contribution in [-0.2, 0) is 18.9 Å². The molecular formula is C18H43N5O12. The van der Waals surface area contributed by atoms with Crippen LogP contribution in [0.5, 0.6) is 0 Å². The molecule has 14 atom stereocenters. The van der Waals surface area contributed by atoms with E-state index in [9.17, 15) is 25.5 Å². The molecule has 3 fully saturated rings. The van der Waals surface area contributed by atoms with Gasteiger partial charge in [-0.2, -0.15) is 0 Å². The Kier molecular flexibility index (Phi) is 14.0. The zero-order valence-electron chi connectivity index (χ0n) is 19.2. The average Bonchev–Trinajstić information content (AvgIpc) is 2.75. The van der Waals surface area contributed by atoms with Crippen molar-refractivity contribution in [3.63, 3.8) is 0 Å². The van der Waals surface area contributed by atoms with Crippen LogP contribution in [0.1, 0.15) is 12.8 Å². The first-order chi connectivity index (χ1) is 15.1. The summed E-state index contributed by atoms with van der Waals surface area (Å²) >= 11 is 0. The van der Waals surface area contributed by atoms with Crippen molar-refractivity contribution in [3.05, 3.63) is 0 Å². The number of hydrogen-bond donors (Lipinski definition) is 10. The van der Waals surface area contributed by atoms with Crippen LogP contribution in [-0.4, -0.2) is 141 Å². The lowest BCUT2D eigenvalue weighted by Crippen LogP contribution is -2.68. The van der Waals surface area contributed by atoms with E-state index in [4.69, 9.17) is 47.6 Å². The van der Waals surface area contributed by atoms with Crippen molar-refractivity contribution in [2.45, 2.75) is 98.4 Å². The van der Waals surface area contributed by atoms with Crippen LogP contribution in [0.25, 0.3) is 0 Å². The summed E-state index contributed by atoms with van der Waals surface area (Å²) in [7, 11) is 0. The number of hydrogen-bond acceptors (Lipinski definition) is 14. The summed E-state index contributed by atoms with van der Waals surface area (Å²) in [5, 5.41) is 50.7. The number of aliphatic hydroxyl groups is 5. The molecule has 12 unspecified atom stereocenters. The molecule has 17 heteroatoms. The molecule has 0 bridgehead atoms. The van der Waals surface area contributed by atoms with Gasteiger partial charge in [-0.25, -0.2) is 0 Å². The summed E-state index contributed by atoms with van der Waals surface area (Å²) in [5.74, 6) is 0.